The van der Waals surface area contributed by atoms with E-state index in [1.54, 1.807) is 28.5 Å². The van der Waals surface area contributed by atoms with Crippen LogP contribution in [0.25, 0.3) is 0 Å². The van der Waals surface area contributed by atoms with E-state index in [0.717, 1.165) is 0 Å². The molecule has 0 unspecified atom stereocenters. The number of piperidine rings is 1. The molecule has 2 aliphatic rings. The molecule has 2 saturated heterocycles. The van der Waals surface area contributed by atoms with Gasteiger partial charge in [-0.1, -0.05) is 0 Å². The second-order valence-corrected chi connectivity index (χ2v) is 7.43. The maximum atomic E-state index is 11.9. The smallest absolute Gasteiger partial charge is 0.409 e. The zero-order valence-electron chi connectivity index (χ0n) is 18.4. The van der Waals surface area contributed by atoms with E-state index in [2.05, 4.69) is 15.3 Å². The third-order valence-electron chi connectivity index (χ3n) is 5.45. The van der Waals surface area contributed by atoms with Gasteiger partial charge in [-0.3, -0.25) is 10.1 Å². The summed E-state index contributed by atoms with van der Waals surface area (Å²) in [6.45, 7) is 6.68. The quantitative estimate of drug-likeness (QED) is 0.501. The minimum absolute atomic E-state index is 0.0669. The number of ether oxygens (including phenoxy) is 2. The van der Waals surface area contributed by atoms with Crippen molar-refractivity contribution in [1.29, 1.82) is 0 Å². The molecule has 1 N–H and O–H groups in total. The summed E-state index contributed by atoms with van der Waals surface area (Å²) in [5, 5.41) is 15.1. The molecule has 3 rings (SSSR count). The van der Waals surface area contributed by atoms with Crippen molar-refractivity contribution in [2.45, 2.75) is 32.7 Å². The first-order valence-corrected chi connectivity index (χ1v) is 10.8. The lowest BCUT2D eigenvalue weighted by Crippen LogP contribution is -2.49. The highest BCUT2D eigenvalue weighted by atomic mass is 16.6. The molecule has 2 fully saturated rings. The average Bonchev–Trinajstić information content (AvgIpc) is 2.79. The molecule has 0 atom stereocenters. The van der Waals surface area contributed by atoms with Gasteiger partial charge in [-0.15, -0.1) is 0 Å². The third-order valence-corrected chi connectivity index (χ3v) is 5.45. The van der Waals surface area contributed by atoms with Gasteiger partial charge in [0.1, 0.15) is 6.33 Å². The molecule has 0 bridgehead atoms. The standard InChI is InChI=1S/C19H29N7O6/c1-3-31-18(27)24-7-5-14(6-8-24)22-16-15(26(29)30)17(21-13-20-16)23-9-11-25(12-10-23)19(28)32-4-2/h13-14H,3-12H2,1-2H3,(H,20,21,22). The number of piperazine rings is 1. The van der Waals surface area contributed by atoms with E-state index in [4.69, 9.17) is 9.47 Å². The van der Waals surface area contributed by atoms with Crippen molar-refractivity contribution in [2.24, 2.45) is 0 Å². The van der Waals surface area contributed by atoms with E-state index >= 15 is 0 Å². The first-order valence-electron chi connectivity index (χ1n) is 10.8. The van der Waals surface area contributed by atoms with Crippen LogP contribution in [0.3, 0.4) is 0 Å². The molecule has 13 heteroatoms. The van der Waals surface area contributed by atoms with Gasteiger partial charge in [-0.2, -0.15) is 0 Å². The van der Waals surface area contributed by atoms with Crippen molar-refractivity contribution in [1.82, 2.24) is 19.8 Å². The first-order chi connectivity index (χ1) is 15.4. The van der Waals surface area contributed by atoms with Crippen molar-refractivity contribution in [2.75, 3.05) is 62.7 Å². The lowest BCUT2D eigenvalue weighted by atomic mass is 10.1. The number of anilines is 2. The van der Waals surface area contributed by atoms with Gasteiger partial charge in [-0.05, 0) is 26.7 Å². The summed E-state index contributed by atoms with van der Waals surface area (Å²) in [6.07, 6.45) is 1.81. The Balaban J connectivity index is 1.67. The first kappa shape index (κ1) is 23.3. The molecule has 2 aliphatic heterocycles. The molecule has 0 aliphatic carbocycles. The minimum atomic E-state index is -0.483. The molecule has 3 heterocycles. The van der Waals surface area contributed by atoms with Crippen molar-refractivity contribution >= 4 is 29.5 Å². The highest BCUT2D eigenvalue weighted by molar-refractivity contribution is 5.72. The Morgan fingerprint density at radius 1 is 1.03 bits per heavy atom. The number of rotatable bonds is 6. The lowest BCUT2D eigenvalue weighted by molar-refractivity contribution is -0.383. The van der Waals surface area contributed by atoms with Crippen LogP contribution >= 0.6 is 0 Å². The van der Waals surface area contributed by atoms with Crippen LogP contribution in [0.5, 0.6) is 0 Å². The van der Waals surface area contributed by atoms with Crippen LogP contribution < -0.4 is 10.2 Å². The van der Waals surface area contributed by atoms with Crippen molar-refractivity contribution < 1.29 is 24.0 Å². The van der Waals surface area contributed by atoms with E-state index in [9.17, 15) is 19.7 Å². The fourth-order valence-corrected chi connectivity index (χ4v) is 3.80. The fourth-order valence-electron chi connectivity index (χ4n) is 3.80. The van der Waals surface area contributed by atoms with Gasteiger partial charge in [0.05, 0.1) is 18.1 Å². The topological polar surface area (TPSA) is 143 Å². The minimum Gasteiger partial charge on any atom is -0.450 e. The summed E-state index contributed by atoms with van der Waals surface area (Å²) >= 11 is 0. The number of nitrogens with zero attached hydrogens (tertiary/aromatic N) is 6. The molecule has 0 saturated carbocycles. The molecule has 176 valence electrons. The number of nitro groups is 1. The van der Waals surface area contributed by atoms with E-state index in [-0.39, 0.29) is 35.6 Å². The van der Waals surface area contributed by atoms with Crippen molar-refractivity contribution in [3.63, 3.8) is 0 Å². The predicted molar refractivity (Wildman–Crippen MR) is 115 cm³/mol. The molecule has 0 radical (unpaired) electrons. The number of hydrogen-bond donors (Lipinski definition) is 1. The number of amides is 2. The van der Waals surface area contributed by atoms with Gasteiger partial charge in [0.25, 0.3) is 0 Å². The van der Waals surface area contributed by atoms with Crippen molar-refractivity contribution in [3.8, 4) is 0 Å². The summed E-state index contributed by atoms with van der Waals surface area (Å²) in [5.41, 5.74) is -0.190. The monoisotopic (exact) mass is 451 g/mol. The summed E-state index contributed by atoms with van der Waals surface area (Å²) in [5.74, 6) is 0.377. The summed E-state index contributed by atoms with van der Waals surface area (Å²) in [6, 6.07) is -0.0669. The Morgan fingerprint density at radius 3 is 2.12 bits per heavy atom. The van der Waals surface area contributed by atoms with Crippen LogP contribution in [-0.4, -0.2) is 95.4 Å². The number of carbonyl (C=O) groups excluding carboxylic acids is 2. The van der Waals surface area contributed by atoms with Crippen LogP contribution in [0.1, 0.15) is 26.7 Å². The molecule has 13 nitrogen and oxygen atoms in total. The van der Waals surface area contributed by atoms with E-state index < -0.39 is 4.92 Å². The Hall–Kier alpha value is -3.38. The highest BCUT2D eigenvalue weighted by Gasteiger charge is 2.32. The number of nitrogens with one attached hydrogen (secondary N) is 1. The van der Waals surface area contributed by atoms with Crippen LogP contribution in [0.2, 0.25) is 0 Å². The van der Waals surface area contributed by atoms with Gasteiger partial charge in [0.2, 0.25) is 11.6 Å². The maximum absolute atomic E-state index is 11.9. The molecule has 1 aromatic rings. The Labute approximate surface area is 185 Å². The lowest BCUT2D eigenvalue weighted by Gasteiger charge is -2.34. The van der Waals surface area contributed by atoms with Gasteiger partial charge >= 0.3 is 17.9 Å². The van der Waals surface area contributed by atoms with E-state index in [1.165, 1.54) is 6.33 Å². The molecule has 0 spiro atoms. The number of aromatic nitrogens is 2. The SMILES string of the molecule is CCOC(=O)N1CCC(Nc2ncnc(N3CCN(C(=O)OCC)CC3)c2[N+](=O)[O-])CC1. The van der Waals surface area contributed by atoms with Gasteiger partial charge in [0, 0.05) is 45.3 Å². The fraction of sp³-hybridized carbons (Fsp3) is 0.684. The zero-order valence-corrected chi connectivity index (χ0v) is 18.4. The molecule has 0 aromatic carbocycles. The number of likely N-dealkylation sites (tertiary alicyclic amines) is 1. The largest absolute Gasteiger partial charge is 0.450 e. The number of hydrogen-bond acceptors (Lipinski definition) is 10. The van der Waals surface area contributed by atoms with E-state index in [1.807, 2.05) is 0 Å². The summed E-state index contributed by atoms with van der Waals surface area (Å²) in [4.78, 5) is 48.5. The molecular weight excluding hydrogens is 422 g/mol. The van der Waals surface area contributed by atoms with Gasteiger partial charge in [0.15, 0.2) is 0 Å². The summed E-state index contributed by atoms with van der Waals surface area (Å²) in [7, 11) is 0. The van der Waals surface area contributed by atoms with Crippen LogP contribution in [-0.2, 0) is 9.47 Å². The van der Waals surface area contributed by atoms with Gasteiger partial charge in [-0.25, -0.2) is 19.6 Å². The Kier molecular flexibility index (Phi) is 7.84. The predicted octanol–water partition coefficient (Wildman–Crippen LogP) is 1.70. The normalized spacial score (nSPS) is 17.1. The summed E-state index contributed by atoms with van der Waals surface area (Å²) < 4.78 is 10.0. The Bertz CT molecular complexity index is 822. The second kappa shape index (κ2) is 10.8. The molecule has 32 heavy (non-hydrogen) atoms. The van der Waals surface area contributed by atoms with Crippen LogP contribution in [0.15, 0.2) is 6.33 Å². The third kappa shape index (κ3) is 5.45. The molecule has 2 amide bonds. The molecule has 1 aromatic heterocycles. The van der Waals surface area contributed by atoms with Crippen LogP contribution in [0, 0.1) is 10.1 Å². The Morgan fingerprint density at radius 2 is 1.59 bits per heavy atom. The van der Waals surface area contributed by atoms with Gasteiger partial charge < -0.3 is 29.5 Å². The van der Waals surface area contributed by atoms with Crippen molar-refractivity contribution in [3.05, 3.63) is 16.4 Å². The molecular formula is C19H29N7O6. The number of carbonyl (C=O) groups is 2. The zero-order chi connectivity index (χ0) is 23.1. The average molecular weight is 451 g/mol. The highest BCUT2D eigenvalue weighted by Crippen LogP contribution is 2.33. The maximum Gasteiger partial charge on any atom is 0.409 e. The second-order valence-electron chi connectivity index (χ2n) is 7.43. The van der Waals surface area contributed by atoms with Crippen LogP contribution in [0.4, 0.5) is 26.9 Å². The van der Waals surface area contributed by atoms with E-state index in [0.29, 0.717) is 65.3 Å².